The summed E-state index contributed by atoms with van der Waals surface area (Å²) in [7, 11) is 0. The van der Waals surface area contributed by atoms with Crippen molar-refractivity contribution in [1.29, 1.82) is 0 Å². The summed E-state index contributed by atoms with van der Waals surface area (Å²) < 4.78 is 1.85. The zero-order chi connectivity index (χ0) is 11.7. The lowest BCUT2D eigenvalue weighted by Gasteiger charge is -2.04. The SMILES string of the molecule is O=CNc1cccc(-c2nnnn2C2CC2)c1. The maximum Gasteiger partial charge on any atom is 0.211 e. The van der Waals surface area contributed by atoms with Crippen LogP contribution < -0.4 is 5.32 Å². The number of nitrogens with one attached hydrogen (secondary N) is 1. The third-order valence-electron chi connectivity index (χ3n) is 2.73. The molecule has 1 amide bonds. The van der Waals surface area contributed by atoms with Gasteiger partial charge in [-0.05, 0) is 35.4 Å². The number of carbonyl (C=O) groups is 1. The molecule has 1 N–H and O–H groups in total. The molecule has 1 fully saturated rings. The lowest BCUT2D eigenvalue weighted by molar-refractivity contribution is -0.105. The van der Waals surface area contributed by atoms with Crippen LogP contribution in [0.4, 0.5) is 5.69 Å². The highest BCUT2D eigenvalue weighted by atomic mass is 16.1. The second-order valence-corrected chi connectivity index (χ2v) is 4.02. The molecule has 1 aliphatic rings. The number of rotatable bonds is 4. The average molecular weight is 229 g/mol. The van der Waals surface area contributed by atoms with Gasteiger partial charge in [-0.2, -0.15) is 0 Å². The molecule has 0 spiro atoms. The molecule has 1 saturated carbocycles. The molecule has 0 radical (unpaired) electrons. The van der Waals surface area contributed by atoms with Gasteiger partial charge in [-0.25, -0.2) is 4.68 Å². The first-order valence-electron chi connectivity index (χ1n) is 5.47. The van der Waals surface area contributed by atoms with Crippen molar-refractivity contribution in [1.82, 2.24) is 20.2 Å². The minimum Gasteiger partial charge on any atom is -0.329 e. The molecule has 6 nitrogen and oxygen atoms in total. The molecule has 0 bridgehead atoms. The van der Waals surface area contributed by atoms with Crippen LogP contribution in [0.2, 0.25) is 0 Å². The fraction of sp³-hybridized carbons (Fsp3) is 0.273. The summed E-state index contributed by atoms with van der Waals surface area (Å²) >= 11 is 0. The monoisotopic (exact) mass is 229 g/mol. The van der Waals surface area contributed by atoms with E-state index in [1.807, 2.05) is 28.9 Å². The van der Waals surface area contributed by atoms with Gasteiger partial charge < -0.3 is 5.32 Å². The summed E-state index contributed by atoms with van der Waals surface area (Å²) in [6.45, 7) is 0. The Bertz CT molecular complexity index is 546. The van der Waals surface area contributed by atoms with E-state index in [-0.39, 0.29) is 0 Å². The van der Waals surface area contributed by atoms with Crippen LogP contribution in [0, 0.1) is 0 Å². The molecular weight excluding hydrogens is 218 g/mol. The predicted molar refractivity (Wildman–Crippen MR) is 61.2 cm³/mol. The van der Waals surface area contributed by atoms with E-state index in [1.54, 1.807) is 0 Å². The molecule has 1 aromatic heterocycles. The molecule has 1 heterocycles. The van der Waals surface area contributed by atoms with Crippen molar-refractivity contribution in [2.45, 2.75) is 18.9 Å². The van der Waals surface area contributed by atoms with E-state index in [2.05, 4.69) is 20.8 Å². The van der Waals surface area contributed by atoms with E-state index in [4.69, 9.17) is 0 Å². The van der Waals surface area contributed by atoms with Crippen LogP contribution in [0.15, 0.2) is 24.3 Å². The van der Waals surface area contributed by atoms with E-state index in [1.165, 1.54) is 0 Å². The van der Waals surface area contributed by atoms with Crippen molar-refractivity contribution in [2.24, 2.45) is 0 Å². The van der Waals surface area contributed by atoms with Crippen molar-refractivity contribution >= 4 is 12.1 Å². The highest BCUT2D eigenvalue weighted by Gasteiger charge is 2.28. The number of hydrogen-bond donors (Lipinski definition) is 1. The van der Waals surface area contributed by atoms with E-state index in [9.17, 15) is 4.79 Å². The number of amides is 1. The van der Waals surface area contributed by atoms with E-state index >= 15 is 0 Å². The van der Waals surface area contributed by atoms with Gasteiger partial charge in [0, 0.05) is 11.3 Å². The summed E-state index contributed by atoms with van der Waals surface area (Å²) in [5, 5.41) is 14.4. The van der Waals surface area contributed by atoms with Gasteiger partial charge in [0.1, 0.15) is 0 Å². The average Bonchev–Trinajstić information content (AvgIpc) is 3.08. The van der Waals surface area contributed by atoms with Gasteiger partial charge in [0.2, 0.25) is 6.41 Å². The van der Waals surface area contributed by atoms with E-state index in [0.29, 0.717) is 12.5 Å². The first-order chi connectivity index (χ1) is 8.38. The maximum absolute atomic E-state index is 10.4. The minimum atomic E-state index is 0.433. The fourth-order valence-electron chi connectivity index (χ4n) is 1.76. The van der Waals surface area contributed by atoms with Crippen LogP contribution in [0.5, 0.6) is 0 Å². The first kappa shape index (κ1) is 9.95. The topological polar surface area (TPSA) is 72.7 Å². The number of carbonyl (C=O) groups excluding carboxylic acids is 1. The molecule has 3 rings (SSSR count). The Morgan fingerprint density at radius 1 is 1.41 bits per heavy atom. The van der Waals surface area contributed by atoms with Gasteiger partial charge in [-0.15, -0.1) is 5.10 Å². The molecule has 6 heteroatoms. The summed E-state index contributed by atoms with van der Waals surface area (Å²) in [6.07, 6.45) is 2.91. The summed E-state index contributed by atoms with van der Waals surface area (Å²) in [5.74, 6) is 0.752. The van der Waals surface area contributed by atoms with Crippen LogP contribution in [-0.4, -0.2) is 26.6 Å². The number of nitrogens with zero attached hydrogens (tertiary/aromatic N) is 4. The molecule has 86 valence electrons. The third kappa shape index (κ3) is 1.89. The number of anilines is 1. The zero-order valence-corrected chi connectivity index (χ0v) is 9.08. The Balaban J connectivity index is 1.99. The van der Waals surface area contributed by atoms with Crippen LogP contribution >= 0.6 is 0 Å². The van der Waals surface area contributed by atoms with Crippen LogP contribution in [-0.2, 0) is 4.79 Å². The molecule has 1 aromatic carbocycles. The summed E-state index contributed by atoms with van der Waals surface area (Å²) in [6, 6.07) is 7.91. The molecule has 2 aromatic rings. The lowest BCUT2D eigenvalue weighted by Crippen LogP contribution is -2.00. The van der Waals surface area contributed by atoms with Crippen molar-refractivity contribution in [3.05, 3.63) is 24.3 Å². The van der Waals surface area contributed by atoms with E-state index < -0.39 is 0 Å². The highest BCUT2D eigenvalue weighted by molar-refractivity contribution is 5.74. The van der Waals surface area contributed by atoms with Crippen molar-refractivity contribution in [2.75, 3.05) is 5.32 Å². The third-order valence-corrected chi connectivity index (χ3v) is 2.73. The Labute approximate surface area is 97.6 Å². The van der Waals surface area contributed by atoms with Crippen LogP contribution in [0.3, 0.4) is 0 Å². The molecule has 0 saturated heterocycles. The van der Waals surface area contributed by atoms with Crippen molar-refractivity contribution < 1.29 is 4.79 Å². The quantitative estimate of drug-likeness (QED) is 0.800. The maximum atomic E-state index is 10.4. The summed E-state index contributed by atoms with van der Waals surface area (Å²) in [5.41, 5.74) is 1.65. The normalized spacial score (nSPS) is 14.6. The fourth-order valence-corrected chi connectivity index (χ4v) is 1.76. The molecule has 17 heavy (non-hydrogen) atoms. The molecule has 0 aliphatic heterocycles. The molecule has 0 unspecified atom stereocenters. The smallest absolute Gasteiger partial charge is 0.211 e. The number of aromatic nitrogens is 4. The van der Waals surface area contributed by atoms with Crippen molar-refractivity contribution in [3.8, 4) is 11.4 Å². The second kappa shape index (κ2) is 3.97. The Morgan fingerprint density at radius 2 is 2.29 bits per heavy atom. The van der Waals surface area contributed by atoms with E-state index in [0.717, 1.165) is 29.9 Å². The van der Waals surface area contributed by atoms with Gasteiger partial charge >= 0.3 is 0 Å². The minimum absolute atomic E-state index is 0.433. The van der Waals surface area contributed by atoms with Gasteiger partial charge in [-0.1, -0.05) is 12.1 Å². The number of benzene rings is 1. The van der Waals surface area contributed by atoms with Gasteiger partial charge in [0.15, 0.2) is 5.82 Å². The Hall–Kier alpha value is -2.24. The summed E-state index contributed by atoms with van der Waals surface area (Å²) in [4.78, 5) is 10.4. The number of hydrogen-bond acceptors (Lipinski definition) is 4. The standard InChI is InChI=1S/C11H11N5O/c17-7-12-9-3-1-2-8(6-9)11-13-14-15-16(11)10-4-5-10/h1-3,6-7,10H,4-5H2,(H,12,17). The predicted octanol–water partition coefficient (Wildman–Crippen LogP) is 1.24. The van der Waals surface area contributed by atoms with Crippen LogP contribution in [0.1, 0.15) is 18.9 Å². The van der Waals surface area contributed by atoms with Crippen LogP contribution in [0.25, 0.3) is 11.4 Å². The van der Waals surface area contributed by atoms with Gasteiger partial charge in [0.25, 0.3) is 0 Å². The van der Waals surface area contributed by atoms with Gasteiger partial charge in [-0.3, -0.25) is 4.79 Å². The van der Waals surface area contributed by atoms with Gasteiger partial charge in [0.05, 0.1) is 6.04 Å². The molecular formula is C11H11N5O. The Morgan fingerprint density at radius 3 is 3.06 bits per heavy atom. The zero-order valence-electron chi connectivity index (χ0n) is 9.08. The molecule has 0 atom stereocenters. The second-order valence-electron chi connectivity index (χ2n) is 4.02. The largest absolute Gasteiger partial charge is 0.329 e. The Kier molecular flexibility index (Phi) is 2.32. The lowest BCUT2D eigenvalue weighted by atomic mass is 10.2. The number of tetrazole rings is 1. The highest BCUT2D eigenvalue weighted by Crippen LogP contribution is 2.36. The first-order valence-corrected chi connectivity index (χ1v) is 5.47. The molecule has 1 aliphatic carbocycles. The van der Waals surface area contributed by atoms with Crippen molar-refractivity contribution in [3.63, 3.8) is 0 Å².